The number of phenols is 1. The van der Waals surface area contributed by atoms with Gasteiger partial charge in [0.1, 0.15) is 23.4 Å². The van der Waals surface area contributed by atoms with Crippen molar-refractivity contribution < 1.29 is 29.3 Å². The number of nitrogens with one attached hydrogen (secondary N) is 2. The van der Waals surface area contributed by atoms with Crippen LogP contribution in [0.4, 0.5) is 4.79 Å². The van der Waals surface area contributed by atoms with Crippen LogP contribution in [0, 0.1) is 6.92 Å². The highest BCUT2D eigenvalue weighted by Crippen LogP contribution is 2.37. The van der Waals surface area contributed by atoms with Gasteiger partial charge in [0.05, 0.1) is 6.61 Å². The summed E-state index contributed by atoms with van der Waals surface area (Å²) in [5.41, 5.74) is 0.393. The van der Waals surface area contributed by atoms with E-state index in [-0.39, 0.29) is 23.7 Å². The van der Waals surface area contributed by atoms with E-state index >= 15 is 0 Å². The van der Waals surface area contributed by atoms with Crippen molar-refractivity contribution in [3.8, 4) is 5.75 Å². The van der Waals surface area contributed by atoms with Gasteiger partial charge in [-0.2, -0.15) is 0 Å². The van der Waals surface area contributed by atoms with Gasteiger partial charge in [-0.15, -0.1) is 0 Å². The van der Waals surface area contributed by atoms with Crippen molar-refractivity contribution in [3.63, 3.8) is 0 Å². The Morgan fingerprint density at radius 2 is 1.77 bits per heavy atom. The van der Waals surface area contributed by atoms with Crippen molar-refractivity contribution in [2.45, 2.75) is 102 Å². The number of nitrogens with zero attached hydrogens (tertiary/aromatic N) is 1. The van der Waals surface area contributed by atoms with Crippen molar-refractivity contribution >= 4 is 17.9 Å². The maximum absolute atomic E-state index is 13.7. The average Bonchev–Trinajstić information content (AvgIpc) is 3.62. The van der Waals surface area contributed by atoms with Gasteiger partial charge in [0.2, 0.25) is 11.8 Å². The molecule has 3 amide bonds. The molecule has 0 saturated heterocycles. The Bertz CT molecular complexity index is 918. The fourth-order valence-corrected chi connectivity index (χ4v) is 4.50. The van der Waals surface area contributed by atoms with Gasteiger partial charge in [0, 0.05) is 12.1 Å². The lowest BCUT2D eigenvalue weighted by molar-refractivity contribution is -0.144. The zero-order valence-corrected chi connectivity index (χ0v) is 21.2. The van der Waals surface area contributed by atoms with E-state index in [0.29, 0.717) is 11.1 Å². The summed E-state index contributed by atoms with van der Waals surface area (Å²) in [6.45, 7) is 6.22. The number of carbonyl (C=O) groups is 3. The molecule has 3 rings (SSSR count). The maximum Gasteiger partial charge on any atom is 0.408 e. The van der Waals surface area contributed by atoms with Gasteiger partial charge in [-0.05, 0) is 76.6 Å². The van der Waals surface area contributed by atoms with Gasteiger partial charge < -0.3 is 30.5 Å². The molecule has 0 spiro atoms. The Morgan fingerprint density at radius 1 is 1.11 bits per heavy atom. The van der Waals surface area contributed by atoms with Gasteiger partial charge in [-0.1, -0.05) is 25.3 Å². The maximum atomic E-state index is 13.7. The molecule has 1 aromatic rings. The molecule has 2 fully saturated rings. The molecule has 9 nitrogen and oxygen atoms in total. The second-order valence-corrected chi connectivity index (χ2v) is 10.7. The van der Waals surface area contributed by atoms with Crippen LogP contribution in [-0.4, -0.2) is 63.4 Å². The molecule has 0 radical (unpaired) electrons. The van der Waals surface area contributed by atoms with Crippen molar-refractivity contribution in [1.29, 1.82) is 0 Å². The van der Waals surface area contributed by atoms with E-state index in [1.54, 1.807) is 39.8 Å². The zero-order valence-electron chi connectivity index (χ0n) is 21.2. The summed E-state index contributed by atoms with van der Waals surface area (Å²) >= 11 is 0. The van der Waals surface area contributed by atoms with Crippen LogP contribution in [0.1, 0.15) is 82.9 Å². The van der Waals surface area contributed by atoms with Crippen molar-refractivity contribution in [1.82, 2.24) is 15.5 Å². The number of hydrogen-bond acceptors (Lipinski definition) is 6. The number of alkyl carbamates (subject to hydrolysis) is 1. The summed E-state index contributed by atoms with van der Waals surface area (Å²) in [5, 5.41) is 25.6. The van der Waals surface area contributed by atoms with E-state index in [4.69, 9.17) is 4.74 Å². The fraction of sp³-hybridized carbons (Fsp3) is 0.654. The largest absolute Gasteiger partial charge is 0.508 e. The van der Waals surface area contributed by atoms with Gasteiger partial charge in [0.25, 0.3) is 0 Å². The van der Waals surface area contributed by atoms with E-state index in [1.165, 1.54) is 11.0 Å². The van der Waals surface area contributed by atoms with Gasteiger partial charge in [-0.25, -0.2) is 4.79 Å². The van der Waals surface area contributed by atoms with E-state index < -0.39 is 36.3 Å². The predicted octanol–water partition coefficient (Wildman–Crippen LogP) is 3.07. The predicted molar refractivity (Wildman–Crippen MR) is 131 cm³/mol. The molecule has 4 N–H and O–H groups in total. The average molecular weight is 490 g/mol. The number of phenolic OH excluding ortho intramolecular Hbond substituents is 1. The summed E-state index contributed by atoms with van der Waals surface area (Å²) in [7, 11) is 0. The summed E-state index contributed by atoms with van der Waals surface area (Å²) in [4.78, 5) is 41.2. The first-order valence-corrected chi connectivity index (χ1v) is 12.5. The lowest BCUT2D eigenvalue weighted by atomic mass is 9.94. The van der Waals surface area contributed by atoms with Crippen LogP contribution in [0.25, 0.3) is 0 Å². The highest BCUT2D eigenvalue weighted by molar-refractivity contribution is 5.92. The number of aliphatic hydroxyl groups excluding tert-OH is 1. The highest BCUT2D eigenvalue weighted by atomic mass is 16.6. The second kappa shape index (κ2) is 11.3. The van der Waals surface area contributed by atoms with Crippen LogP contribution in [0.15, 0.2) is 18.2 Å². The first-order chi connectivity index (χ1) is 16.5. The van der Waals surface area contributed by atoms with Crippen LogP contribution < -0.4 is 10.6 Å². The minimum absolute atomic E-state index is 0.0432. The number of aliphatic hydroxyl groups is 1. The van der Waals surface area contributed by atoms with Crippen LogP contribution >= 0.6 is 0 Å². The Labute approximate surface area is 207 Å². The summed E-state index contributed by atoms with van der Waals surface area (Å²) in [5.74, 6) is -0.740. The lowest BCUT2D eigenvalue weighted by Gasteiger charge is -2.35. The zero-order chi connectivity index (χ0) is 25.8. The molecule has 0 aliphatic heterocycles. The Hall–Kier alpha value is -2.81. The molecule has 2 aliphatic carbocycles. The smallest absolute Gasteiger partial charge is 0.408 e. The number of hydrogen-bond donors (Lipinski definition) is 4. The third-order valence-corrected chi connectivity index (χ3v) is 6.38. The fourth-order valence-electron chi connectivity index (χ4n) is 4.50. The normalized spacial score (nSPS) is 18.3. The minimum atomic E-state index is -1.26. The second-order valence-electron chi connectivity index (χ2n) is 10.7. The summed E-state index contributed by atoms with van der Waals surface area (Å²) in [6.07, 6.45) is 5.66. The topological polar surface area (TPSA) is 128 Å². The molecule has 194 valence electrons. The number of aryl methyl sites for hydroxylation is 1. The molecule has 9 heteroatoms. The first-order valence-electron chi connectivity index (χ1n) is 12.5. The highest BCUT2D eigenvalue weighted by Gasteiger charge is 2.44. The number of ether oxygens (including phenoxy) is 1. The van der Waals surface area contributed by atoms with Gasteiger partial charge in [0.15, 0.2) is 0 Å². The third-order valence-electron chi connectivity index (χ3n) is 6.38. The van der Waals surface area contributed by atoms with Crippen molar-refractivity contribution in [2.24, 2.45) is 0 Å². The SMILES string of the molecule is Cc1cc(C(C(=O)NC2CCCCC2)N(C(=O)C(CO)NC(=O)OC(C)(C)C)C2CC2)ccc1O. The summed E-state index contributed by atoms with van der Waals surface area (Å²) in [6, 6.07) is 2.52. The van der Waals surface area contributed by atoms with Crippen LogP contribution in [0.2, 0.25) is 0 Å². The molecule has 2 aliphatic rings. The third kappa shape index (κ3) is 7.34. The number of carbonyl (C=O) groups excluding carboxylic acids is 3. The number of rotatable bonds is 8. The molecular formula is C26H39N3O6. The Balaban J connectivity index is 1.91. The number of benzene rings is 1. The van der Waals surface area contributed by atoms with E-state index in [1.807, 2.05) is 0 Å². The quantitative estimate of drug-likeness (QED) is 0.444. The summed E-state index contributed by atoms with van der Waals surface area (Å²) < 4.78 is 5.26. The molecule has 0 bridgehead atoms. The number of aromatic hydroxyl groups is 1. The van der Waals surface area contributed by atoms with Crippen molar-refractivity contribution in [3.05, 3.63) is 29.3 Å². The standard InChI is InChI=1S/C26H39N3O6/c1-16-14-17(10-13-21(16)31)22(23(32)27-18-8-6-5-7-9-18)29(19-11-12-19)24(33)20(15-30)28-25(34)35-26(2,3)4/h10,13-14,18-20,22,30-31H,5-9,11-12,15H2,1-4H3,(H,27,32)(H,28,34). The first kappa shape index (κ1) is 26.8. The van der Waals surface area contributed by atoms with Crippen LogP contribution in [0.3, 0.4) is 0 Å². The molecule has 1 aromatic carbocycles. The Kier molecular flexibility index (Phi) is 8.64. The molecule has 2 unspecified atom stereocenters. The Morgan fingerprint density at radius 3 is 2.31 bits per heavy atom. The van der Waals surface area contributed by atoms with Gasteiger partial charge in [-0.3, -0.25) is 9.59 Å². The molecule has 0 aromatic heterocycles. The van der Waals surface area contributed by atoms with Crippen molar-refractivity contribution in [2.75, 3.05) is 6.61 Å². The van der Waals surface area contributed by atoms with Crippen LogP contribution in [0.5, 0.6) is 5.75 Å². The molecule has 2 atom stereocenters. The minimum Gasteiger partial charge on any atom is -0.508 e. The van der Waals surface area contributed by atoms with E-state index in [2.05, 4.69) is 10.6 Å². The molecule has 0 heterocycles. The lowest BCUT2D eigenvalue weighted by Crippen LogP contribution is -2.55. The number of amides is 3. The van der Waals surface area contributed by atoms with E-state index in [0.717, 1.165) is 44.9 Å². The molecule has 35 heavy (non-hydrogen) atoms. The van der Waals surface area contributed by atoms with Crippen LogP contribution in [-0.2, 0) is 14.3 Å². The van der Waals surface area contributed by atoms with E-state index in [9.17, 15) is 24.6 Å². The van der Waals surface area contributed by atoms with Gasteiger partial charge >= 0.3 is 6.09 Å². The molecule has 2 saturated carbocycles. The monoisotopic (exact) mass is 489 g/mol. The molecular weight excluding hydrogens is 450 g/mol.